The van der Waals surface area contributed by atoms with Gasteiger partial charge < -0.3 is 10.1 Å². The highest BCUT2D eigenvalue weighted by molar-refractivity contribution is 6.02. The molecule has 0 aliphatic heterocycles. The number of carbonyl (C=O) groups is 2. The fourth-order valence-electron chi connectivity index (χ4n) is 1.94. The molecule has 0 fully saturated rings. The monoisotopic (exact) mass is 295 g/mol. The summed E-state index contributed by atoms with van der Waals surface area (Å²) in [6.45, 7) is 1.50. The molecule has 0 saturated carbocycles. The number of Topliss-reactive ketones (excluding diaryl/α,β-unsaturated/α-hetero) is 1. The fraction of sp³-hybridized carbons (Fsp3) is 0.111. The predicted octanol–water partition coefficient (Wildman–Crippen LogP) is 3.55. The number of benzene rings is 2. The van der Waals surface area contributed by atoms with E-state index < -0.39 is 0 Å². The van der Waals surface area contributed by atoms with Gasteiger partial charge in [0.15, 0.2) is 5.78 Å². The molecule has 0 aromatic heterocycles. The van der Waals surface area contributed by atoms with E-state index in [0.29, 0.717) is 17.0 Å². The van der Waals surface area contributed by atoms with E-state index in [0.717, 1.165) is 5.56 Å². The molecule has 4 heteroatoms. The summed E-state index contributed by atoms with van der Waals surface area (Å²) in [5.74, 6) is 0.452. The van der Waals surface area contributed by atoms with Gasteiger partial charge >= 0.3 is 0 Å². The lowest BCUT2D eigenvalue weighted by atomic mass is 10.1. The van der Waals surface area contributed by atoms with Gasteiger partial charge in [-0.2, -0.15) is 0 Å². The van der Waals surface area contributed by atoms with Crippen LogP contribution in [0.25, 0.3) is 6.08 Å². The Bertz CT molecular complexity index is 703. The summed E-state index contributed by atoms with van der Waals surface area (Å²) in [4.78, 5) is 23.1. The molecule has 1 amide bonds. The Labute approximate surface area is 129 Å². The highest BCUT2D eigenvalue weighted by Gasteiger charge is 2.02. The minimum Gasteiger partial charge on any atom is -0.496 e. The molecule has 2 rings (SSSR count). The molecule has 0 atom stereocenters. The molecule has 4 nitrogen and oxygen atoms in total. The topological polar surface area (TPSA) is 55.4 Å². The number of hydrogen-bond donors (Lipinski definition) is 1. The number of hydrogen-bond acceptors (Lipinski definition) is 3. The quantitative estimate of drug-likeness (QED) is 0.678. The van der Waals surface area contributed by atoms with E-state index in [2.05, 4.69) is 5.32 Å². The van der Waals surface area contributed by atoms with Gasteiger partial charge in [-0.25, -0.2) is 0 Å². The summed E-state index contributed by atoms with van der Waals surface area (Å²) in [6.07, 6.45) is 3.13. The number of rotatable bonds is 5. The Morgan fingerprint density at radius 2 is 1.73 bits per heavy atom. The van der Waals surface area contributed by atoms with Crippen LogP contribution < -0.4 is 10.1 Å². The molecule has 0 unspecified atom stereocenters. The summed E-state index contributed by atoms with van der Waals surface area (Å²) in [5.41, 5.74) is 2.08. The van der Waals surface area contributed by atoms with Crippen LogP contribution in [0.5, 0.6) is 5.75 Å². The van der Waals surface area contributed by atoms with E-state index in [4.69, 9.17) is 4.74 Å². The van der Waals surface area contributed by atoms with Crippen LogP contribution in [-0.2, 0) is 4.79 Å². The number of anilines is 1. The molecular formula is C18H17NO3. The second-order valence-electron chi connectivity index (χ2n) is 4.70. The lowest BCUT2D eigenvalue weighted by Crippen LogP contribution is -2.07. The Hall–Kier alpha value is -2.88. The van der Waals surface area contributed by atoms with Crippen molar-refractivity contribution in [1.82, 2.24) is 0 Å². The molecule has 0 bridgehead atoms. The van der Waals surface area contributed by atoms with E-state index in [1.165, 1.54) is 13.0 Å². The van der Waals surface area contributed by atoms with Gasteiger partial charge in [-0.15, -0.1) is 0 Å². The van der Waals surface area contributed by atoms with E-state index in [-0.39, 0.29) is 11.7 Å². The normalized spacial score (nSPS) is 10.5. The van der Waals surface area contributed by atoms with Gasteiger partial charge in [0, 0.05) is 22.9 Å². The van der Waals surface area contributed by atoms with Crippen molar-refractivity contribution in [2.24, 2.45) is 0 Å². The van der Waals surface area contributed by atoms with Crippen molar-refractivity contribution < 1.29 is 14.3 Å². The summed E-state index contributed by atoms with van der Waals surface area (Å²) >= 11 is 0. The van der Waals surface area contributed by atoms with Crippen molar-refractivity contribution in [3.8, 4) is 5.75 Å². The smallest absolute Gasteiger partial charge is 0.248 e. The van der Waals surface area contributed by atoms with Gasteiger partial charge in [0.1, 0.15) is 5.75 Å². The number of carbonyl (C=O) groups excluding carboxylic acids is 2. The second kappa shape index (κ2) is 7.22. The highest BCUT2D eigenvalue weighted by Crippen LogP contribution is 2.18. The Morgan fingerprint density at radius 3 is 2.36 bits per heavy atom. The minimum atomic E-state index is -0.249. The van der Waals surface area contributed by atoms with Crippen LogP contribution in [0.3, 0.4) is 0 Å². The number of methoxy groups -OCH3 is 1. The fourth-order valence-corrected chi connectivity index (χ4v) is 1.94. The minimum absolute atomic E-state index is 0.00561. The zero-order valence-electron chi connectivity index (χ0n) is 12.5. The maximum atomic E-state index is 11.9. The average molecular weight is 295 g/mol. The third kappa shape index (κ3) is 4.06. The molecule has 2 aromatic rings. The molecule has 0 aliphatic carbocycles. The lowest BCUT2D eigenvalue weighted by molar-refractivity contribution is -0.111. The van der Waals surface area contributed by atoms with E-state index in [9.17, 15) is 9.59 Å². The van der Waals surface area contributed by atoms with Crippen molar-refractivity contribution in [3.05, 3.63) is 65.7 Å². The van der Waals surface area contributed by atoms with Crippen molar-refractivity contribution in [1.29, 1.82) is 0 Å². The number of nitrogens with one attached hydrogen (secondary N) is 1. The van der Waals surface area contributed by atoms with Gasteiger partial charge in [-0.3, -0.25) is 9.59 Å². The largest absolute Gasteiger partial charge is 0.496 e. The van der Waals surface area contributed by atoms with Crippen molar-refractivity contribution in [3.63, 3.8) is 0 Å². The van der Waals surface area contributed by atoms with Crippen molar-refractivity contribution in [2.45, 2.75) is 6.92 Å². The average Bonchev–Trinajstić information content (AvgIpc) is 2.53. The van der Waals surface area contributed by atoms with Crippen LogP contribution >= 0.6 is 0 Å². The van der Waals surface area contributed by atoms with Gasteiger partial charge in [0.05, 0.1) is 7.11 Å². The lowest BCUT2D eigenvalue weighted by Gasteiger charge is -2.04. The maximum absolute atomic E-state index is 11.9. The first-order valence-electron chi connectivity index (χ1n) is 6.83. The molecule has 0 spiro atoms. The van der Waals surface area contributed by atoms with Gasteiger partial charge in [0.25, 0.3) is 0 Å². The van der Waals surface area contributed by atoms with Crippen LogP contribution in [0.1, 0.15) is 22.8 Å². The highest BCUT2D eigenvalue weighted by atomic mass is 16.5. The van der Waals surface area contributed by atoms with E-state index in [1.54, 1.807) is 37.5 Å². The molecule has 0 aliphatic rings. The summed E-state index contributed by atoms with van der Waals surface area (Å²) in [7, 11) is 1.59. The molecule has 0 saturated heterocycles. The van der Waals surface area contributed by atoms with Crippen LogP contribution in [-0.4, -0.2) is 18.8 Å². The summed E-state index contributed by atoms with van der Waals surface area (Å²) in [5, 5.41) is 2.74. The third-order valence-electron chi connectivity index (χ3n) is 3.11. The van der Waals surface area contributed by atoms with Crippen molar-refractivity contribution >= 4 is 23.5 Å². The molecule has 0 heterocycles. The number of amides is 1. The van der Waals surface area contributed by atoms with E-state index in [1.807, 2.05) is 24.3 Å². The molecule has 1 N–H and O–H groups in total. The molecule has 0 radical (unpaired) electrons. The van der Waals surface area contributed by atoms with Gasteiger partial charge in [-0.05, 0) is 43.3 Å². The third-order valence-corrected chi connectivity index (χ3v) is 3.11. The summed E-state index contributed by atoms with van der Waals surface area (Å²) < 4.78 is 5.22. The standard InChI is InChI=1S/C18H17NO3/c1-13(20)14-7-10-16(11-8-14)19-18(21)12-9-15-5-3-4-6-17(15)22-2/h3-12H,1-2H3,(H,19,21)/b12-9+. The maximum Gasteiger partial charge on any atom is 0.248 e. The first-order chi connectivity index (χ1) is 10.6. The van der Waals surface area contributed by atoms with Crippen LogP contribution in [0.15, 0.2) is 54.6 Å². The molecular weight excluding hydrogens is 278 g/mol. The molecule has 22 heavy (non-hydrogen) atoms. The molecule has 112 valence electrons. The van der Waals surface area contributed by atoms with Crippen LogP contribution in [0.2, 0.25) is 0 Å². The van der Waals surface area contributed by atoms with Gasteiger partial charge in [-0.1, -0.05) is 18.2 Å². The first-order valence-corrected chi connectivity index (χ1v) is 6.83. The second-order valence-corrected chi connectivity index (χ2v) is 4.70. The zero-order valence-corrected chi connectivity index (χ0v) is 12.5. The first kappa shape index (κ1) is 15.5. The Kier molecular flexibility index (Phi) is 5.09. The SMILES string of the molecule is COc1ccccc1/C=C/C(=O)Nc1ccc(C(C)=O)cc1. The van der Waals surface area contributed by atoms with Gasteiger partial charge in [0.2, 0.25) is 5.91 Å². The van der Waals surface area contributed by atoms with Crippen LogP contribution in [0.4, 0.5) is 5.69 Å². The van der Waals surface area contributed by atoms with Crippen molar-refractivity contribution in [2.75, 3.05) is 12.4 Å². The Morgan fingerprint density at radius 1 is 1.05 bits per heavy atom. The molecule has 2 aromatic carbocycles. The number of para-hydroxylation sites is 1. The number of ketones is 1. The van der Waals surface area contributed by atoms with E-state index >= 15 is 0 Å². The predicted molar refractivity (Wildman–Crippen MR) is 87.1 cm³/mol. The van der Waals surface area contributed by atoms with Crippen LogP contribution in [0, 0.1) is 0 Å². The summed E-state index contributed by atoms with van der Waals surface area (Å²) in [6, 6.07) is 14.2. The zero-order chi connectivity index (χ0) is 15.9. The Balaban J connectivity index is 2.03. The number of ether oxygens (including phenoxy) is 1.